The van der Waals surface area contributed by atoms with Crippen molar-refractivity contribution in [3.63, 3.8) is 0 Å². The van der Waals surface area contributed by atoms with Crippen LogP contribution in [0.5, 0.6) is 0 Å². The van der Waals surface area contributed by atoms with E-state index >= 15 is 0 Å². The molecule has 0 radical (unpaired) electrons. The summed E-state index contributed by atoms with van der Waals surface area (Å²) < 4.78 is 30.2. The van der Waals surface area contributed by atoms with E-state index < -0.39 is 17.7 Å². The number of nitrogens with one attached hydrogen (secondary N) is 1. The fourth-order valence-corrected chi connectivity index (χ4v) is 4.84. The second-order valence-corrected chi connectivity index (χ2v) is 9.52. The van der Waals surface area contributed by atoms with Crippen molar-refractivity contribution in [3.05, 3.63) is 58.5 Å². The summed E-state index contributed by atoms with van der Waals surface area (Å²) in [4.78, 5) is 36.9. The number of carbonyl (C=O) groups excluding carboxylic acids is 2. The largest absolute Gasteiger partial charge is 0.341 e. The van der Waals surface area contributed by atoms with Gasteiger partial charge in [0.05, 0.1) is 40.9 Å². The van der Waals surface area contributed by atoms with E-state index in [0.717, 1.165) is 12.3 Å². The monoisotopic (exact) mass is 548 g/mol. The molecule has 1 N–H and O–H groups in total. The highest BCUT2D eigenvalue weighted by atomic mass is 19.1. The maximum Gasteiger partial charge on any atom is 0.341 e. The molecule has 4 heterocycles. The van der Waals surface area contributed by atoms with Crippen LogP contribution in [-0.2, 0) is 4.79 Å². The Labute approximate surface area is 228 Å². The first kappa shape index (κ1) is 26.7. The van der Waals surface area contributed by atoms with Crippen LogP contribution in [0.15, 0.2) is 29.5 Å². The molecule has 2 aromatic heterocycles. The van der Waals surface area contributed by atoms with E-state index in [4.69, 9.17) is 0 Å². The summed E-state index contributed by atoms with van der Waals surface area (Å²) in [6.45, 7) is 6.20. The Morgan fingerprint density at radius 3 is 2.58 bits per heavy atom. The van der Waals surface area contributed by atoms with Crippen LogP contribution in [-0.4, -0.2) is 74.0 Å². The highest BCUT2D eigenvalue weighted by Gasteiger charge is 2.34. The number of halogens is 2. The van der Waals surface area contributed by atoms with Gasteiger partial charge in [-0.05, 0) is 37.6 Å². The van der Waals surface area contributed by atoms with Gasteiger partial charge in [-0.2, -0.15) is 20.4 Å². The van der Waals surface area contributed by atoms with Gasteiger partial charge >= 0.3 is 6.03 Å². The lowest BCUT2D eigenvalue weighted by Gasteiger charge is -2.37. The van der Waals surface area contributed by atoms with Crippen molar-refractivity contribution < 1.29 is 18.4 Å². The number of nitriles is 1. The smallest absolute Gasteiger partial charge is 0.337 e. The summed E-state index contributed by atoms with van der Waals surface area (Å²) in [6, 6.07) is 5.10. The van der Waals surface area contributed by atoms with Gasteiger partial charge in [0, 0.05) is 45.7 Å². The van der Waals surface area contributed by atoms with Gasteiger partial charge in [0.25, 0.3) is 0 Å². The molecule has 1 atom stereocenters. The molecule has 0 aliphatic carbocycles. The lowest BCUT2D eigenvalue weighted by Crippen LogP contribution is -2.52. The molecule has 12 nitrogen and oxygen atoms in total. The maximum atomic E-state index is 14.8. The van der Waals surface area contributed by atoms with Crippen LogP contribution in [0.4, 0.5) is 25.2 Å². The van der Waals surface area contributed by atoms with Crippen LogP contribution in [0, 0.1) is 36.8 Å². The molecule has 0 unspecified atom stereocenters. The molecule has 1 fully saturated rings. The Balaban J connectivity index is 1.30. The van der Waals surface area contributed by atoms with E-state index in [2.05, 4.69) is 25.5 Å². The van der Waals surface area contributed by atoms with Crippen molar-refractivity contribution in [2.24, 2.45) is 5.10 Å². The molecule has 1 aromatic carbocycles. The summed E-state index contributed by atoms with van der Waals surface area (Å²) >= 11 is 0. The summed E-state index contributed by atoms with van der Waals surface area (Å²) in [5, 5.41) is 21.8. The van der Waals surface area contributed by atoms with Crippen molar-refractivity contribution >= 4 is 29.8 Å². The lowest BCUT2D eigenvalue weighted by atomic mass is 10.0. The predicted octanol–water partition coefficient (Wildman–Crippen LogP) is 3.06. The molecule has 2 aliphatic heterocycles. The normalized spacial score (nSPS) is 16.8. The van der Waals surface area contributed by atoms with Crippen LogP contribution >= 0.6 is 0 Å². The highest BCUT2D eigenvalue weighted by molar-refractivity contribution is 5.90. The molecular formula is C26H26F2N10O2. The molecule has 0 bridgehead atoms. The zero-order valence-corrected chi connectivity index (χ0v) is 22.1. The van der Waals surface area contributed by atoms with E-state index in [1.165, 1.54) is 22.7 Å². The van der Waals surface area contributed by atoms with Crippen molar-refractivity contribution in [1.29, 1.82) is 5.26 Å². The third-order valence-corrected chi connectivity index (χ3v) is 6.80. The molecule has 206 valence electrons. The standard InChI is InChI=1S/C26H26F2N10O2/c1-15-23(32-17(3)39)16(2)37(34-15)24-21(28)14-30-25(33-24)35-6-8-36(9-7-35)26(40)38-22(4-5-31-38)19-10-18(13-29)11-20(27)12-19/h5,10-12,14,22H,4,6-9H2,1-3H3,(H,32,39)/t22-/m0/s1. The summed E-state index contributed by atoms with van der Waals surface area (Å²) in [6.07, 6.45) is 3.07. The van der Waals surface area contributed by atoms with E-state index in [1.807, 2.05) is 11.0 Å². The number of carbonyl (C=O) groups is 2. The lowest BCUT2D eigenvalue weighted by molar-refractivity contribution is -0.114. The van der Waals surface area contributed by atoms with Crippen molar-refractivity contribution in [2.75, 3.05) is 36.4 Å². The molecule has 0 saturated carbocycles. The Morgan fingerprint density at radius 2 is 1.88 bits per heavy atom. The number of amides is 3. The minimum Gasteiger partial charge on any atom is -0.337 e. The Morgan fingerprint density at radius 1 is 1.12 bits per heavy atom. The van der Waals surface area contributed by atoms with Gasteiger partial charge in [0.2, 0.25) is 11.9 Å². The summed E-state index contributed by atoms with van der Waals surface area (Å²) in [5.41, 5.74) is 2.20. The topological polar surface area (TPSA) is 136 Å². The van der Waals surface area contributed by atoms with E-state index in [1.54, 1.807) is 31.0 Å². The van der Waals surface area contributed by atoms with Crippen LogP contribution in [0.3, 0.4) is 0 Å². The fraction of sp³-hybridized carbons (Fsp3) is 0.346. The SMILES string of the molecule is CC(=O)Nc1c(C)nn(-c2nc(N3CCN(C(=O)N4N=CC[C@H]4c4cc(F)cc(C#N)c4)CC3)ncc2F)c1C. The average molecular weight is 549 g/mol. The van der Waals surface area contributed by atoms with Gasteiger partial charge < -0.3 is 15.1 Å². The third-order valence-electron chi connectivity index (χ3n) is 6.80. The number of piperazine rings is 1. The Kier molecular flexibility index (Phi) is 7.12. The first-order valence-electron chi connectivity index (χ1n) is 12.6. The van der Waals surface area contributed by atoms with Gasteiger partial charge in [0.15, 0.2) is 11.6 Å². The number of benzene rings is 1. The number of aryl methyl sites for hydroxylation is 1. The number of aromatic nitrogens is 4. The minimum absolute atomic E-state index is 0.0539. The van der Waals surface area contributed by atoms with E-state index in [-0.39, 0.29) is 29.3 Å². The summed E-state index contributed by atoms with van der Waals surface area (Å²) in [5.74, 6) is -1.27. The number of hydrogen-bond acceptors (Lipinski definition) is 8. The number of anilines is 2. The molecule has 3 amide bonds. The molecule has 0 spiro atoms. The fourth-order valence-electron chi connectivity index (χ4n) is 4.84. The number of hydrazone groups is 1. The second-order valence-electron chi connectivity index (χ2n) is 9.52. The third kappa shape index (κ3) is 5.05. The zero-order valence-electron chi connectivity index (χ0n) is 22.1. The number of rotatable bonds is 4. The van der Waals surface area contributed by atoms with Crippen LogP contribution < -0.4 is 10.2 Å². The van der Waals surface area contributed by atoms with Gasteiger partial charge in [-0.25, -0.2) is 28.3 Å². The van der Waals surface area contributed by atoms with Crippen molar-refractivity contribution in [1.82, 2.24) is 29.7 Å². The van der Waals surface area contributed by atoms with Crippen LogP contribution in [0.25, 0.3) is 5.82 Å². The first-order chi connectivity index (χ1) is 19.2. The van der Waals surface area contributed by atoms with Crippen LogP contribution in [0.2, 0.25) is 0 Å². The molecule has 2 aliphatic rings. The van der Waals surface area contributed by atoms with Crippen molar-refractivity contribution in [2.45, 2.75) is 33.2 Å². The van der Waals surface area contributed by atoms with Gasteiger partial charge in [0.1, 0.15) is 5.82 Å². The molecule has 1 saturated heterocycles. The molecular weight excluding hydrogens is 522 g/mol. The molecule has 3 aromatic rings. The minimum atomic E-state index is -0.674. The average Bonchev–Trinajstić information content (AvgIpc) is 3.53. The number of nitrogens with zero attached hydrogens (tertiary/aromatic N) is 9. The first-order valence-corrected chi connectivity index (χ1v) is 12.6. The van der Waals surface area contributed by atoms with E-state index in [0.29, 0.717) is 55.2 Å². The molecule has 5 rings (SSSR count). The van der Waals surface area contributed by atoms with E-state index in [9.17, 15) is 23.6 Å². The molecule has 40 heavy (non-hydrogen) atoms. The number of urea groups is 1. The predicted molar refractivity (Wildman–Crippen MR) is 141 cm³/mol. The molecule has 14 heteroatoms. The van der Waals surface area contributed by atoms with Gasteiger partial charge in [-0.3, -0.25) is 4.79 Å². The quantitative estimate of drug-likeness (QED) is 0.529. The van der Waals surface area contributed by atoms with Gasteiger partial charge in [-0.15, -0.1) is 0 Å². The van der Waals surface area contributed by atoms with Gasteiger partial charge in [-0.1, -0.05) is 0 Å². The Bertz CT molecular complexity index is 1560. The summed E-state index contributed by atoms with van der Waals surface area (Å²) in [7, 11) is 0. The maximum absolute atomic E-state index is 14.8. The Hall–Kier alpha value is -4.93. The highest BCUT2D eigenvalue weighted by Crippen LogP contribution is 2.31. The second kappa shape index (κ2) is 10.7. The zero-order chi connectivity index (χ0) is 28.6. The van der Waals surface area contributed by atoms with Crippen LogP contribution in [0.1, 0.15) is 41.9 Å². The number of hydrogen-bond donors (Lipinski definition) is 1. The van der Waals surface area contributed by atoms with Crippen molar-refractivity contribution in [3.8, 4) is 11.9 Å².